The van der Waals surface area contributed by atoms with Gasteiger partial charge < -0.3 is 10.1 Å². The van der Waals surface area contributed by atoms with Crippen LogP contribution in [0.4, 0.5) is 18.9 Å². The van der Waals surface area contributed by atoms with Crippen molar-refractivity contribution in [2.75, 3.05) is 12.4 Å². The van der Waals surface area contributed by atoms with E-state index >= 15 is 0 Å². The molecule has 1 fully saturated rings. The van der Waals surface area contributed by atoms with Crippen LogP contribution >= 0.6 is 22.9 Å². The number of thiophene rings is 1. The number of anilines is 1. The van der Waals surface area contributed by atoms with E-state index in [2.05, 4.69) is 10.4 Å². The molecule has 2 heterocycles. The van der Waals surface area contributed by atoms with Crippen molar-refractivity contribution in [2.45, 2.75) is 37.9 Å². The van der Waals surface area contributed by atoms with Crippen molar-refractivity contribution in [1.82, 2.24) is 9.78 Å². The number of benzene rings is 1. The topological polar surface area (TPSA) is 73.2 Å². The number of aryl methyl sites for hydroxylation is 1. The molecule has 3 aromatic rings. The molecule has 0 atom stereocenters. The van der Waals surface area contributed by atoms with Gasteiger partial charge in [-0.1, -0.05) is 11.6 Å². The van der Waals surface area contributed by atoms with E-state index in [1.54, 1.807) is 18.2 Å². The molecule has 31 heavy (non-hydrogen) atoms. The van der Waals surface area contributed by atoms with Crippen molar-refractivity contribution >= 4 is 50.6 Å². The first-order chi connectivity index (χ1) is 14.7. The standard InChI is InChI=1S/C20H17ClF3N3O3S/c1-30-19(29)18-17(21)12-5-4-11(8-14(12)31-18)25-16(28)6-7-27-13(10-2-3-10)9-15(26-27)20(22,23)24/h4-5,8-10H,2-3,6-7H2,1H3,(H,25,28). The van der Waals surface area contributed by atoms with Crippen LogP contribution in [0.2, 0.25) is 5.02 Å². The molecule has 2 aromatic heterocycles. The normalized spacial score (nSPS) is 14.1. The molecule has 0 unspecified atom stereocenters. The molecule has 6 nitrogen and oxygen atoms in total. The number of carbonyl (C=O) groups excluding carboxylic acids is 2. The number of alkyl halides is 3. The van der Waals surface area contributed by atoms with Crippen molar-refractivity contribution in [2.24, 2.45) is 0 Å². The van der Waals surface area contributed by atoms with E-state index in [1.807, 2.05) is 0 Å². The monoisotopic (exact) mass is 471 g/mol. The van der Waals surface area contributed by atoms with Crippen molar-refractivity contribution in [3.8, 4) is 0 Å². The zero-order chi connectivity index (χ0) is 22.3. The van der Waals surface area contributed by atoms with Crippen molar-refractivity contribution in [3.63, 3.8) is 0 Å². The van der Waals surface area contributed by atoms with E-state index in [4.69, 9.17) is 16.3 Å². The van der Waals surface area contributed by atoms with Gasteiger partial charge >= 0.3 is 12.1 Å². The molecule has 0 bridgehead atoms. The summed E-state index contributed by atoms with van der Waals surface area (Å²) in [6.07, 6.45) is -2.90. The molecule has 0 saturated heterocycles. The summed E-state index contributed by atoms with van der Waals surface area (Å²) < 4.78 is 45.7. The summed E-state index contributed by atoms with van der Waals surface area (Å²) in [5.74, 6) is -0.830. The van der Waals surface area contributed by atoms with E-state index in [0.717, 1.165) is 30.2 Å². The smallest absolute Gasteiger partial charge is 0.435 e. The van der Waals surface area contributed by atoms with Gasteiger partial charge in [0, 0.05) is 40.4 Å². The van der Waals surface area contributed by atoms with Gasteiger partial charge in [-0.05, 0) is 37.1 Å². The number of hydrogen-bond acceptors (Lipinski definition) is 5. The first kappa shape index (κ1) is 21.6. The highest BCUT2D eigenvalue weighted by molar-refractivity contribution is 7.21. The third-order valence-electron chi connectivity index (χ3n) is 4.93. The first-order valence-corrected chi connectivity index (χ1v) is 10.6. The van der Waals surface area contributed by atoms with Gasteiger partial charge in [0.15, 0.2) is 5.69 Å². The Morgan fingerprint density at radius 1 is 1.32 bits per heavy atom. The molecule has 1 amide bonds. The summed E-state index contributed by atoms with van der Waals surface area (Å²) in [7, 11) is 1.26. The predicted molar refractivity (Wildman–Crippen MR) is 111 cm³/mol. The van der Waals surface area contributed by atoms with E-state index in [-0.39, 0.29) is 34.7 Å². The molecule has 4 rings (SSSR count). The highest BCUT2D eigenvalue weighted by Crippen LogP contribution is 2.42. The Morgan fingerprint density at radius 3 is 2.71 bits per heavy atom. The van der Waals surface area contributed by atoms with Gasteiger partial charge in [0.05, 0.1) is 12.1 Å². The Kier molecular flexibility index (Phi) is 5.69. The van der Waals surface area contributed by atoms with Gasteiger partial charge in [0.25, 0.3) is 0 Å². The average molecular weight is 472 g/mol. The van der Waals surface area contributed by atoms with Gasteiger partial charge in [-0.25, -0.2) is 4.79 Å². The Labute approximate surface area is 183 Å². The van der Waals surface area contributed by atoms with Gasteiger partial charge in [-0.15, -0.1) is 11.3 Å². The molecule has 1 aromatic carbocycles. The van der Waals surface area contributed by atoms with Crippen LogP contribution in [0.15, 0.2) is 24.3 Å². The highest BCUT2D eigenvalue weighted by Gasteiger charge is 2.37. The SMILES string of the molecule is COC(=O)c1sc2cc(NC(=O)CCn3nc(C(F)(F)F)cc3C3CC3)ccc2c1Cl. The number of amides is 1. The zero-order valence-corrected chi connectivity index (χ0v) is 17.8. The second kappa shape index (κ2) is 8.16. The van der Waals surface area contributed by atoms with Gasteiger partial charge in [0.2, 0.25) is 5.91 Å². The second-order valence-electron chi connectivity index (χ2n) is 7.20. The predicted octanol–water partition coefficient (Wildman–Crippen LogP) is 5.46. The quantitative estimate of drug-likeness (QED) is 0.484. The molecule has 1 N–H and O–H groups in total. The Balaban J connectivity index is 1.45. The van der Waals surface area contributed by atoms with Gasteiger partial charge in [0.1, 0.15) is 4.88 Å². The molecule has 1 saturated carbocycles. The lowest BCUT2D eigenvalue weighted by molar-refractivity contribution is -0.141. The first-order valence-electron chi connectivity index (χ1n) is 9.42. The van der Waals surface area contributed by atoms with E-state index < -0.39 is 17.8 Å². The van der Waals surface area contributed by atoms with Gasteiger partial charge in [-0.3, -0.25) is 9.48 Å². The number of aromatic nitrogens is 2. The zero-order valence-electron chi connectivity index (χ0n) is 16.3. The Morgan fingerprint density at radius 2 is 2.06 bits per heavy atom. The van der Waals surface area contributed by atoms with E-state index in [1.165, 1.54) is 11.8 Å². The molecular formula is C20H17ClF3N3O3S. The third kappa shape index (κ3) is 4.54. The van der Waals surface area contributed by atoms with Crippen molar-refractivity contribution < 1.29 is 27.5 Å². The van der Waals surface area contributed by atoms with Crippen LogP contribution in [0.5, 0.6) is 0 Å². The minimum Gasteiger partial charge on any atom is -0.465 e. The number of carbonyl (C=O) groups is 2. The number of rotatable bonds is 6. The summed E-state index contributed by atoms with van der Waals surface area (Å²) in [5, 5.41) is 7.33. The Hall–Kier alpha value is -2.59. The highest BCUT2D eigenvalue weighted by atomic mass is 35.5. The lowest BCUT2D eigenvalue weighted by Crippen LogP contribution is -2.16. The molecule has 1 aliphatic rings. The fourth-order valence-electron chi connectivity index (χ4n) is 3.25. The number of nitrogens with one attached hydrogen (secondary N) is 1. The summed E-state index contributed by atoms with van der Waals surface area (Å²) in [6.45, 7) is 0.0489. The lowest BCUT2D eigenvalue weighted by Gasteiger charge is -2.08. The summed E-state index contributed by atoms with van der Waals surface area (Å²) in [5.41, 5.74) is 0.0760. The summed E-state index contributed by atoms with van der Waals surface area (Å²) in [6, 6.07) is 6.08. The fourth-order valence-corrected chi connectivity index (χ4v) is 4.72. The number of hydrogen-bond donors (Lipinski definition) is 1. The minimum atomic E-state index is -4.52. The fraction of sp³-hybridized carbons (Fsp3) is 0.350. The number of fused-ring (bicyclic) bond motifs is 1. The second-order valence-corrected chi connectivity index (χ2v) is 8.63. The van der Waals surface area contributed by atoms with Crippen LogP contribution < -0.4 is 5.32 Å². The minimum absolute atomic E-state index is 0.0324. The number of ether oxygens (including phenoxy) is 1. The number of methoxy groups -OCH3 is 1. The van der Waals surface area contributed by atoms with Crippen molar-refractivity contribution in [1.29, 1.82) is 0 Å². The molecule has 1 aliphatic carbocycles. The molecular weight excluding hydrogens is 455 g/mol. The summed E-state index contributed by atoms with van der Waals surface area (Å²) >= 11 is 7.37. The maximum Gasteiger partial charge on any atom is 0.435 e. The van der Waals surface area contributed by atoms with Crippen LogP contribution in [0.1, 0.15) is 46.2 Å². The lowest BCUT2D eigenvalue weighted by atomic mass is 10.2. The van der Waals surface area contributed by atoms with Crippen molar-refractivity contribution in [3.05, 3.63) is 45.6 Å². The van der Waals surface area contributed by atoms with Gasteiger partial charge in [-0.2, -0.15) is 18.3 Å². The summed E-state index contributed by atoms with van der Waals surface area (Å²) in [4.78, 5) is 24.4. The van der Waals surface area contributed by atoms with E-state index in [9.17, 15) is 22.8 Å². The molecule has 11 heteroatoms. The van der Waals surface area contributed by atoms with Crippen LogP contribution in [-0.2, 0) is 22.3 Å². The Bertz CT molecular complexity index is 1170. The largest absolute Gasteiger partial charge is 0.465 e. The van der Waals surface area contributed by atoms with Crippen LogP contribution in [0.25, 0.3) is 10.1 Å². The number of esters is 1. The molecule has 0 spiro atoms. The van der Waals surface area contributed by atoms with E-state index in [0.29, 0.717) is 21.5 Å². The molecule has 164 valence electrons. The van der Waals surface area contributed by atoms with Crippen LogP contribution in [0.3, 0.4) is 0 Å². The third-order valence-corrected chi connectivity index (χ3v) is 6.57. The number of nitrogens with zero attached hydrogens (tertiary/aromatic N) is 2. The maximum atomic E-state index is 13.0. The maximum absolute atomic E-state index is 13.0. The number of halogens is 4. The van der Waals surface area contributed by atoms with Crippen LogP contribution in [-0.4, -0.2) is 28.8 Å². The average Bonchev–Trinajstić information content (AvgIpc) is 3.38. The molecule has 0 radical (unpaired) electrons. The van der Waals surface area contributed by atoms with Crippen LogP contribution in [0, 0.1) is 0 Å². The molecule has 0 aliphatic heterocycles.